The number of nitrogens with zero attached hydrogens (tertiary/aromatic N) is 5. The number of hydrogen-bond acceptors (Lipinski definition) is 4. The molecule has 6 heteroatoms. The summed E-state index contributed by atoms with van der Waals surface area (Å²) in [6, 6.07) is 10.3. The summed E-state index contributed by atoms with van der Waals surface area (Å²) in [5.41, 5.74) is 6.78. The van der Waals surface area contributed by atoms with Crippen molar-refractivity contribution in [3.8, 4) is 0 Å². The average molecular weight is 394 g/mol. The van der Waals surface area contributed by atoms with Gasteiger partial charge >= 0.3 is 0 Å². The van der Waals surface area contributed by atoms with E-state index in [-0.39, 0.29) is 5.41 Å². The Morgan fingerprint density at radius 3 is 2.80 bits per heavy atom. The maximum absolute atomic E-state index is 7.22. The van der Waals surface area contributed by atoms with Crippen molar-refractivity contribution < 1.29 is 0 Å². The van der Waals surface area contributed by atoms with Crippen LogP contribution < -0.4 is 5.32 Å². The third-order valence-corrected chi connectivity index (χ3v) is 6.21. The van der Waals surface area contributed by atoms with Gasteiger partial charge in [0.05, 0.1) is 18.0 Å². The molecule has 1 fully saturated rings. The van der Waals surface area contributed by atoms with Crippen LogP contribution in [0.2, 0.25) is 0 Å². The molecule has 2 aromatic heterocycles. The predicted octanol–water partition coefficient (Wildman–Crippen LogP) is 5.50. The van der Waals surface area contributed by atoms with Crippen LogP contribution in [0.5, 0.6) is 0 Å². The number of aryl methyl sites for hydroxylation is 1. The molecule has 0 radical (unpaired) electrons. The van der Waals surface area contributed by atoms with Gasteiger partial charge in [0, 0.05) is 48.7 Å². The predicted molar refractivity (Wildman–Crippen MR) is 120 cm³/mol. The normalized spacial score (nSPS) is 16.2. The summed E-state index contributed by atoms with van der Waals surface area (Å²) in [4.78, 5) is 12.9. The highest BCUT2D eigenvalue weighted by Gasteiger charge is 2.45. The van der Waals surface area contributed by atoms with E-state index in [9.17, 15) is 0 Å². The van der Waals surface area contributed by atoms with Gasteiger partial charge in [-0.15, -0.1) is 0 Å². The molecular weight excluding hydrogens is 372 g/mol. The van der Waals surface area contributed by atoms with Crippen molar-refractivity contribution in [2.75, 3.05) is 5.32 Å². The minimum atomic E-state index is -0.0553. The van der Waals surface area contributed by atoms with Crippen molar-refractivity contribution in [1.82, 2.24) is 14.8 Å². The molecule has 0 amide bonds. The second-order valence-corrected chi connectivity index (χ2v) is 7.95. The Balaban J connectivity index is 1.49. The molecule has 3 heterocycles. The summed E-state index contributed by atoms with van der Waals surface area (Å²) >= 11 is 0. The van der Waals surface area contributed by atoms with Crippen LogP contribution in [0.3, 0.4) is 0 Å². The Bertz CT molecular complexity index is 1220. The lowest BCUT2D eigenvalue weighted by molar-refractivity contribution is 0.338. The zero-order valence-corrected chi connectivity index (χ0v) is 16.9. The molecule has 2 aliphatic rings. The second kappa shape index (κ2) is 6.96. The molecular formula is C24H22N6. The SMILES string of the molecule is [C-]#[N+]c1cnc2c(c1)N=C(C1(c3ccc(Nc4ccn(C)n4)c(C=C)c3)CCC1)C2. The zero-order chi connectivity index (χ0) is 20.7. The minimum Gasteiger partial charge on any atom is -0.338 e. The average Bonchev–Trinajstić information content (AvgIpc) is 3.33. The van der Waals surface area contributed by atoms with E-state index in [0.717, 1.165) is 47.7 Å². The number of benzene rings is 1. The van der Waals surface area contributed by atoms with Crippen molar-refractivity contribution in [2.45, 2.75) is 31.1 Å². The van der Waals surface area contributed by atoms with Crippen LogP contribution in [0, 0.1) is 6.57 Å². The molecule has 1 saturated carbocycles. The van der Waals surface area contributed by atoms with Gasteiger partial charge in [-0.2, -0.15) is 5.10 Å². The Hall–Kier alpha value is -3.72. The Morgan fingerprint density at radius 2 is 2.13 bits per heavy atom. The van der Waals surface area contributed by atoms with E-state index in [4.69, 9.17) is 11.6 Å². The maximum atomic E-state index is 7.22. The van der Waals surface area contributed by atoms with Gasteiger partial charge in [-0.1, -0.05) is 25.1 Å². The first-order valence-electron chi connectivity index (χ1n) is 10.1. The number of rotatable bonds is 5. The standard InChI is InChI=1S/C24H22N6/c1-4-16-12-17(6-7-19(16)28-23-8-11-30(3)29-23)24(9-5-10-24)22-14-20-21(27-22)13-18(25-2)15-26-20/h4,6-8,11-13,15H,1,5,9-10,14H2,3H3,(H,28,29). The van der Waals surface area contributed by atoms with Crippen molar-refractivity contribution in [2.24, 2.45) is 12.0 Å². The molecule has 148 valence electrons. The van der Waals surface area contributed by atoms with Gasteiger partial charge in [0.1, 0.15) is 0 Å². The lowest BCUT2D eigenvalue weighted by Gasteiger charge is -2.43. The summed E-state index contributed by atoms with van der Waals surface area (Å²) in [5, 5.41) is 7.79. The highest BCUT2D eigenvalue weighted by molar-refractivity contribution is 6.02. The topological polar surface area (TPSA) is 59.5 Å². The van der Waals surface area contributed by atoms with Crippen LogP contribution in [0.15, 0.2) is 54.3 Å². The number of pyridine rings is 1. The van der Waals surface area contributed by atoms with E-state index < -0.39 is 0 Å². The number of anilines is 2. The van der Waals surface area contributed by atoms with Gasteiger partial charge in [-0.25, -0.2) is 4.85 Å². The number of aromatic nitrogens is 3. The largest absolute Gasteiger partial charge is 0.338 e. The fraction of sp³-hybridized carbons (Fsp3) is 0.250. The van der Waals surface area contributed by atoms with Crippen LogP contribution in [0.25, 0.3) is 10.9 Å². The van der Waals surface area contributed by atoms with Gasteiger partial charge < -0.3 is 5.32 Å². The van der Waals surface area contributed by atoms with Crippen LogP contribution in [-0.2, 0) is 18.9 Å². The molecule has 0 bridgehead atoms. The maximum Gasteiger partial charge on any atom is 0.207 e. The summed E-state index contributed by atoms with van der Waals surface area (Å²) in [5.74, 6) is 0.809. The lowest BCUT2D eigenvalue weighted by Crippen LogP contribution is -2.42. The van der Waals surface area contributed by atoms with Gasteiger partial charge in [0.2, 0.25) is 5.69 Å². The molecule has 1 aromatic carbocycles. The number of fused-ring (bicyclic) bond motifs is 1. The zero-order valence-electron chi connectivity index (χ0n) is 16.9. The lowest BCUT2D eigenvalue weighted by atomic mass is 9.61. The third-order valence-electron chi connectivity index (χ3n) is 6.21. The highest BCUT2D eigenvalue weighted by Crippen LogP contribution is 2.49. The fourth-order valence-corrected chi connectivity index (χ4v) is 4.42. The number of aliphatic imine (C=N–C) groups is 1. The first-order chi connectivity index (χ1) is 14.6. The quantitative estimate of drug-likeness (QED) is 0.581. The Labute approximate surface area is 175 Å². The van der Waals surface area contributed by atoms with E-state index in [1.807, 2.05) is 31.5 Å². The van der Waals surface area contributed by atoms with E-state index in [2.05, 4.69) is 45.0 Å². The molecule has 0 unspecified atom stereocenters. The summed E-state index contributed by atoms with van der Waals surface area (Å²) in [6.07, 6.45) is 9.55. The molecule has 1 aliphatic heterocycles. The van der Waals surface area contributed by atoms with Gasteiger partial charge in [-0.3, -0.25) is 14.7 Å². The Morgan fingerprint density at radius 1 is 1.27 bits per heavy atom. The highest BCUT2D eigenvalue weighted by atomic mass is 15.3. The second-order valence-electron chi connectivity index (χ2n) is 7.95. The van der Waals surface area contributed by atoms with Crippen molar-refractivity contribution in [3.05, 3.63) is 77.5 Å². The molecule has 1 N–H and O–H groups in total. The van der Waals surface area contributed by atoms with Crippen molar-refractivity contribution >= 4 is 34.7 Å². The first-order valence-corrected chi connectivity index (χ1v) is 10.1. The molecule has 0 spiro atoms. The van der Waals surface area contributed by atoms with Crippen molar-refractivity contribution in [3.63, 3.8) is 0 Å². The number of hydrogen-bond donors (Lipinski definition) is 1. The molecule has 6 nitrogen and oxygen atoms in total. The summed E-state index contributed by atoms with van der Waals surface area (Å²) < 4.78 is 1.77. The fourth-order valence-electron chi connectivity index (χ4n) is 4.42. The summed E-state index contributed by atoms with van der Waals surface area (Å²) in [6.45, 7) is 11.2. The van der Waals surface area contributed by atoms with Crippen LogP contribution in [0.1, 0.15) is 36.1 Å². The smallest absolute Gasteiger partial charge is 0.207 e. The first kappa shape index (κ1) is 18.3. The third kappa shape index (κ3) is 2.91. The van der Waals surface area contributed by atoms with E-state index >= 15 is 0 Å². The van der Waals surface area contributed by atoms with E-state index in [1.165, 1.54) is 17.7 Å². The van der Waals surface area contributed by atoms with E-state index in [1.54, 1.807) is 10.9 Å². The molecule has 0 atom stereocenters. The Kier molecular flexibility index (Phi) is 4.25. The van der Waals surface area contributed by atoms with Crippen LogP contribution in [-0.4, -0.2) is 20.5 Å². The monoisotopic (exact) mass is 394 g/mol. The van der Waals surface area contributed by atoms with Crippen LogP contribution >= 0.6 is 0 Å². The number of nitrogens with one attached hydrogen (secondary N) is 1. The van der Waals surface area contributed by atoms with E-state index in [0.29, 0.717) is 5.69 Å². The molecule has 30 heavy (non-hydrogen) atoms. The van der Waals surface area contributed by atoms with Gasteiger partial charge in [0.25, 0.3) is 0 Å². The minimum absolute atomic E-state index is 0.0553. The molecule has 3 aromatic rings. The van der Waals surface area contributed by atoms with Gasteiger partial charge in [-0.05, 0) is 42.2 Å². The molecule has 1 aliphatic carbocycles. The molecule has 0 saturated heterocycles. The van der Waals surface area contributed by atoms with Gasteiger partial charge in [0.15, 0.2) is 5.82 Å². The molecule has 5 rings (SSSR count). The summed E-state index contributed by atoms with van der Waals surface area (Å²) in [7, 11) is 1.90. The van der Waals surface area contributed by atoms with Crippen LogP contribution in [0.4, 0.5) is 22.9 Å². The van der Waals surface area contributed by atoms with Crippen molar-refractivity contribution in [1.29, 1.82) is 0 Å².